The average molecular weight is 338 g/mol. The first-order valence-electron chi connectivity index (χ1n) is 6.59. The number of anilines is 1. The Bertz CT molecular complexity index is 622. The molecule has 0 saturated carbocycles. The monoisotopic (exact) mass is 337 g/mol. The van der Waals surface area contributed by atoms with Gasteiger partial charge in [-0.3, -0.25) is 9.97 Å². The quantitative estimate of drug-likeness (QED) is 0.907. The molecule has 2 atom stereocenters. The Morgan fingerprint density at radius 2 is 2.30 bits per heavy atom. The number of hydrogen-bond acceptors (Lipinski definition) is 5. The second kappa shape index (κ2) is 5.63. The van der Waals surface area contributed by atoms with Crippen LogP contribution >= 0.6 is 15.9 Å². The van der Waals surface area contributed by atoms with E-state index in [-0.39, 0.29) is 18.8 Å². The molecule has 0 amide bonds. The molecule has 2 unspecified atom stereocenters. The lowest BCUT2D eigenvalue weighted by Gasteiger charge is -2.37. The molecular weight excluding hydrogens is 322 g/mol. The van der Waals surface area contributed by atoms with Crippen molar-refractivity contribution in [2.24, 2.45) is 0 Å². The van der Waals surface area contributed by atoms with Gasteiger partial charge in [0.25, 0.3) is 0 Å². The highest BCUT2D eigenvalue weighted by Crippen LogP contribution is 2.27. The maximum atomic E-state index is 9.34. The molecule has 3 heterocycles. The first-order valence-corrected chi connectivity index (χ1v) is 7.38. The molecule has 5 nitrogen and oxygen atoms in total. The van der Waals surface area contributed by atoms with Crippen LogP contribution in [0.1, 0.15) is 6.92 Å². The summed E-state index contributed by atoms with van der Waals surface area (Å²) in [5.74, 6) is 0. The molecule has 0 aliphatic carbocycles. The molecule has 1 saturated heterocycles. The number of aliphatic hydroxyl groups excluding tert-OH is 1. The number of hydrogen-bond donors (Lipinski definition) is 1. The molecule has 0 radical (unpaired) electrons. The Kier molecular flexibility index (Phi) is 3.87. The van der Waals surface area contributed by atoms with Crippen molar-refractivity contribution >= 4 is 32.7 Å². The smallest absolute Gasteiger partial charge is 0.112 e. The molecule has 1 aliphatic rings. The fraction of sp³-hybridized carbons (Fsp3) is 0.429. The van der Waals surface area contributed by atoms with Crippen LogP contribution in [-0.2, 0) is 4.74 Å². The van der Waals surface area contributed by atoms with Gasteiger partial charge in [0.05, 0.1) is 30.0 Å². The zero-order valence-electron chi connectivity index (χ0n) is 11.2. The third kappa shape index (κ3) is 2.63. The molecule has 3 rings (SSSR count). The molecule has 20 heavy (non-hydrogen) atoms. The van der Waals surface area contributed by atoms with E-state index in [0.29, 0.717) is 6.54 Å². The van der Waals surface area contributed by atoms with Gasteiger partial charge >= 0.3 is 0 Å². The standard InChI is InChI=1S/C14H16BrN3O2/c1-9-6-18(7-11(8-19)20-9)13-2-3-16-12-4-10(15)5-17-14(12)13/h2-5,9,11,19H,6-8H2,1H3. The van der Waals surface area contributed by atoms with Crippen molar-refractivity contribution in [3.8, 4) is 0 Å². The molecule has 0 spiro atoms. The van der Waals surface area contributed by atoms with Crippen molar-refractivity contribution in [2.45, 2.75) is 19.1 Å². The Hall–Kier alpha value is -1.24. The van der Waals surface area contributed by atoms with E-state index in [2.05, 4.69) is 30.8 Å². The van der Waals surface area contributed by atoms with Crippen LogP contribution in [0.5, 0.6) is 0 Å². The molecule has 6 heteroatoms. The van der Waals surface area contributed by atoms with Crippen LogP contribution in [0.3, 0.4) is 0 Å². The highest BCUT2D eigenvalue weighted by molar-refractivity contribution is 9.10. The van der Waals surface area contributed by atoms with E-state index >= 15 is 0 Å². The first kappa shape index (κ1) is 13.7. The molecule has 106 valence electrons. The predicted molar refractivity (Wildman–Crippen MR) is 80.9 cm³/mol. The van der Waals surface area contributed by atoms with Crippen LogP contribution in [0.2, 0.25) is 0 Å². The number of morpholine rings is 1. The Balaban J connectivity index is 2.01. The Labute approximate surface area is 125 Å². The number of ether oxygens (including phenoxy) is 1. The van der Waals surface area contributed by atoms with Gasteiger partial charge in [-0.15, -0.1) is 0 Å². The normalized spacial score (nSPS) is 23.2. The molecule has 2 aromatic rings. The summed E-state index contributed by atoms with van der Waals surface area (Å²) >= 11 is 3.41. The molecule has 1 aliphatic heterocycles. The minimum Gasteiger partial charge on any atom is -0.394 e. The summed E-state index contributed by atoms with van der Waals surface area (Å²) < 4.78 is 6.60. The second-order valence-corrected chi connectivity index (χ2v) is 5.92. The van der Waals surface area contributed by atoms with E-state index in [4.69, 9.17) is 4.74 Å². The van der Waals surface area contributed by atoms with Crippen molar-refractivity contribution in [3.05, 3.63) is 29.0 Å². The number of halogens is 1. The van der Waals surface area contributed by atoms with Crippen LogP contribution in [0.25, 0.3) is 11.0 Å². The second-order valence-electron chi connectivity index (χ2n) is 5.01. The van der Waals surface area contributed by atoms with Gasteiger partial charge in [-0.05, 0) is 35.0 Å². The average Bonchev–Trinajstić information content (AvgIpc) is 2.45. The van der Waals surface area contributed by atoms with Gasteiger partial charge in [0.2, 0.25) is 0 Å². The van der Waals surface area contributed by atoms with E-state index < -0.39 is 0 Å². The van der Waals surface area contributed by atoms with Crippen molar-refractivity contribution in [1.82, 2.24) is 9.97 Å². The van der Waals surface area contributed by atoms with E-state index in [1.165, 1.54) is 0 Å². The van der Waals surface area contributed by atoms with E-state index in [9.17, 15) is 5.11 Å². The SMILES string of the molecule is CC1CN(c2ccnc3cc(Br)cnc23)CC(CO)O1. The summed E-state index contributed by atoms with van der Waals surface area (Å²) in [6, 6.07) is 3.93. The molecule has 1 N–H and O–H groups in total. The van der Waals surface area contributed by atoms with Crippen molar-refractivity contribution in [2.75, 3.05) is 24.6 Å². The van der Waals surface area contributed by atoms with Gasteiger partial charge in [0, 0.05) is 30.0 Å². The molecule has 0 aromatic carbocycles. The van der Waals surface area contributed by atoms with E-state index in [1.54, 1.807) is 12.4 Å². The zero-order chi connectivity index (χ0) is 14.1. The van der Waals surface area contributed by atoms with Gasteiger partial charge in [0.1, 0.15) is 5.52 Å². The van der Waals surface area contributed by atoms with Crippen LogP contribution in [0.4, 0.5) is 5.69 Å². The number of nitrogens with zero attached hydrogens (tertiary/aromatic N) is 3. The highest BCUT2D eigenvalue weighted by Gasteiger charge is 2.26. The number of pyridine rings is 2. The lowest BCUT2D eigenvalue weighted by atomic mass is 10.2. The summed E-state index contributed by atoms with van der Waals surface area (Å²) in [6.07, 6.45) is 3.50. The lowest BCUT2D eigenvalue weighted by Crippen LogP contribution is -2.48. The topological polar surface area (TPSA) is 58.5 Å². The van der Waals surface area contributed by atoms with E-state index in [0.717, 1.165) is 27.7 Å². The van der Waals surface area contributed by atoms with Gasteiger partial charge in [-0.2, -0.15) is 0 Å². The fourth-order valence-corrected chi connectivity index (χ4v) is 2.91. The van der Waals surface area contributed by atoms with Gasteiger partial charge < -0.3 is 14.7 Å². The zero-order valence-corrected chi connectivity index (χ0v) is 12.7. The largest absolute Gasteiger partial charge is 0.394 e. The third-order valence-electron chi connectivity index (χ3n) is 3.39. The van der Waals surface area contributed by atoms with Crippen LogP contribution < -0.4 is 4.90 Å². The van der Waals surface area contributed by atoms with Crippen molar-refractivity contribution < 1.29 is 9.84 Å². The maximum absolute atomic E-state index is 9.34. The number of rotatable bonds is 2. The molecule has 0 bridgehead atoms. The first-order chi connectivity index (χ1) is 9.67. The Morgan fingerprint density at radius 1 is 1.45 bits per heavy atom. The van der Waals surface area contributed by atoms with Gasteiger partial charge in [-0.1, -0.05) is 0 Å². The summed E-state index contributed by atoms with van der Waals surface area (Å²) in [4.78, 5) is 11.0. The predicted octanol–water partition coefficient (Wildman–Crippen LogP) is 1.98. The van der Waals surface area contributed by atoms with Crippen molar-refractivity contribution in [1.29, 1.82) is 0 Å². The molecule has 2 aromatic heterocycles. The molecule has 1 fully saturated rings. The summed E-state index contributed by atoms with van der Waals surface area (Å²) in [7, 11) is 0. The third-order valence-corrected chi connectivity index (χ3v) is 3.83. The van der Waals surface area contributed by atoms with Crippen molar-refractivity contribution in [3.63, 3.8) is 0 Å². The fourth-order valence-electron chi connectivity index (χ4n) is 2.59. The summed E-state index contributed by atoms with van der Waals surface area (Å²) in [5, 5.41) is 9.34. The van der Waals surface area contributed by atoms with Crippen LogP contribution in [-0.4, -0.2) is 47.0 Å². The highest BCUT2D eigenvalue weighted by atomic mass is 79.9. The van der Waals surface area contributed by atoms with Crippen LogP contribution in [0, 0.1) is 0 Å². The van der Waals surface area contributed by atoms with Gasteiger partial charge in [-0.25, -0.2) is 0 Å². The maximum Gasteiger partial charge on any atom is 0.112 e. The van der Waals surface area contributed by atoms with Gasteiger partial charge in [0.15, 0.2) is 0 Å². The number of aliphatic hydroxyl groups is 1. The summed E-state index contributed by atoms with van der Waals surface area (Å²) in [5.41, 5.74) is 2.77. The Morgan fingerprint density at radius 3 is 3.10 bits per heavy atom. The number of fused-ring (bicyclic) bond motifs is 1. The minimum atomic E-state index is -0.155. The minimum absolute atomic E-state index is 0.0306. The number of aromatic nitrogens is 2. The summed E-state index contributed by atoms with van der Waals surface area (Å²) in [6.45, 7) is 3.50. The molecular formula is C14H16BrN3O2. The van der Waals surface area contributed by atoms with E-state index in [1.807, 2.05) is 19.1 Å². The lowest BCUT2D eigenvalue weighted by molar-refractivity contribution is -0.0420. The van der Waals surface area contributed by atoms with Crippen LogP contribution in [0.15, 0.2) is 29.0 Å².